The van der Waals surface area contributed by atoms with E-state index in [4.69, 9.17) is 0 Å². The molecule has 170 valence electrons. The Labute approximate surface area is 189 Å². The Bertz CT molecular complexity index is 840. The molecule has 2 aromatic carbocycles. The topological polar surface area (TPSA) is 86.7 Å². The quantitative estimate of drug-likeness (QED) is 0.593. The molecule has 0 bridgehead atoms. The summed E-state index contributed by atoms with van der Waals surface area (Å²) >= 11 is 0. The smallest absolute Gasteiger partial charge is 0.305 e. The van der Waals surface area contributed by atoms with Gasteiger partial charge in [-0.2, -0.15) is 0 Å². The molecule has 6 nitrogen and oxygen atoms in total. The van der Waals surface area contributed by atoms with Crippen molar-refractivity contribution in [2.24, 2.45) is 5.92 Å². The number of rotatable bonds is 10. The van der Waals surface area contributed by atoms with Gasteiger partial charge in [0.15, 0.2) is 0 Å². The van der Waals surface area contributed by atoms with Crippen molar-refractivity contribution in [1.82, 2.24) is 10.2 Å². The number of carboxylic acid groups (broad SMARTS) is 1. The summed E-state index contributed by atoms with van der Waals surface area (Å²) in [5.74, 6) is -1.40. The molecule has 0 atom stereocenters. The monoisotopic (exact) mass is 436 g/mol. The maximum absolute atomic E-state index is 13.1. The highest BCUT2D eigenvalue weighted by Crippen LogP contribution is 2.26. The predicted molar refractivity (Wildman–Crippen MR) is 123 cm³/mol. The van der Waals surface area contributed by atoms with Crippen LogP contribution in [-0.4, -0.2) is 47.4 Å². The van der Waals surface area contributed by atoms with E-state index in [1.165, 1.54) is 0 Å². The number of hydrogen-bond acceptors (Lipinski definition) is 3. The SMILES string of the molecule is O=C(O)CCN(CC(c1ccccc1)c1ccccc1)C(=O)CNC(=O)C1CCCCC1. The van der Waals surface area contributed by atoms with E-state index in [1.807, 2.05) is 60.7 Å². The van der Waals surface area contributed by atoms with Crippen LogP contribution in [0.4, 0.5) is 0 Å². The largest absolute Gasteiger partial charge is 0.481 e. The fourth-order valence-corrected chi connectivity index (χ4v) is 4.33. The van der Waals surface area contributed by atoms with Gasteiger partial charge in [0.1, 0.15) is 0 Å². The molecule has 0 spiro atoms. The minimum Gasteiger partial charge on any atom is -0.481 e. The Hall–Kier alpha value is -3.15. The summed E-state index contributed by atoms with van der Waals surface area (Å²) in [4.78, 5) is 38.3. The molecule has 6 heteroatoms. The van der Waals surface area contributed by atoms with Crippen molar-refractivity contribution >= 4 is 17.8 Å². The fourth-order valence-electron chi connectivity index (χ4n) is 4.33. The Morgan fingerprint density at radius 3 is 2.00 bits per heavy atom. The Morgan fingerprint density at radius 1 is 0.906 bits per heavy atom. The number of benzene rings is 2. The van der Waals surface area contributed by atoms with E-state index in [9.17, 15) is 19.5 Å². The van der Waals surface area contributed by atoms with Gasteiger partial charge in [0.05, 0.1) is 13.0 Å². The maximum Gasteiger partial charge on any atom is 0.305 e. The van der Waals surface area contributed by atoms with Gasteiger partial charge >= 0.3 is 5.97 Å². The molecule has 2 amide bonds. The summed E-state index contributed by atoms with van der Waals surface area (Å²) in [5, 5.41) is 12.0. The van der Waals surface area contributed by atoms with Gasteiger partial charge in [-0.15, -0.1) is 0 Å². The molecular formula is C26H32N2O4. The van der Waals surface area contributed by atoms with Crippen LogP contribution in [0.15, 0.2) is 60.7 Å². The lowest BCUT2D eigenvalue weighted by Crippen LogP contribution is -2.44. The Morgan fingerprint density at radius 2 is 1.47 bits per heavy atom. The van der Waals surface area contributed by atoms with Crippen molar-refractivity contribution < 1.29 is 19.5 Å². The first kappa shape index (κ1) is 23.5. The van der Waals surface area contributed by atoms with Crippen molar-refractivity contribution in [2.75, 3.05) is 19.6 Å². The third kappa shape index (κ3) is 6.94. The molecule has 0 unspecified atom stereocenters. The van der Waals surface area contributed by atoms with Crippen molar-refractivity contribution in [1.29, 1.82) is 0 Å². The molecule has 1 aliphatic carbocycles. The number of carbonyl (C=O) groups is 3. The van der Waals surface area contributed by atoms with Gasteiger partial charge in [-0.1, -0.05) is 79.9 Å². The first-order valence-electron chi connectivity index (χ1n) is 11.4. The second-order valence-corrected chi connectivity index (χ2v) is 8.41. The minimum absolute atomic E-state index is 0.0228. The number of carbonyl (C=O) groups excluding carboxylic acids is 2. The summed E-state index contributed by atoms with van der Waals surface area (Å²) in [7, 11) is 0. The first-order chi connectivity index (χ1) is 15.5. The van der Waals surface area contributed by atoms with Crippen LogP contribution in [0.1, 0.15) is 55.6 Å². The lowest BCUT2D eigenvalue weighted by atomic mass is 9.88. The predicted octanol–water partition coefficient (Wildman–Crippen LogP) is 3.82. The van der Waals surface area contributed by atoms with E-state index in [0.717, 1.165) is 43.2 Å². The third-order valence-corrected chi connectivity index (χ3v) is 6.14. The first-order valence-corrected chi connectivity index (χ1v) is 11.4. The van der Waals surface area contributed by atoms with E-state index in [-0.39, 0.29) is 43.2 Å². The van der Waals surface area contributed by atoms with Gasteiger partial charge in [-0.25, -0.2) is 0 Å². The molecule has 0 aromatic heterocycles. The number of carboxylic acids is 1. The fraction of sp³-hybridized carbons (Fsp3) is 0.423. The Kier molecular flexibility index (Phi) is 8.84. The van der Waals surface area contributed by atoms with Gasteiger partial charge in [-0.3, -0.25) is 14.4 Å². The molecule has 0 radical (unpaired) electrons. The zero-order valence-electron chi connectivity index (χ0n) is 18.4. The van der Waals surface area contributed by atoms with Crippen molar-refractivity contribution in [3.05, 3.63) is 71.8 Å². The molecule has 3 rings (SSSR count). The zero-order chi connectivity index (χ0) is 22.8. The number of amides is 2. The van der Waals surface area contributed by atoms with E-state index in [2.05, 4.69) is 5.32 Å². The highest BCUT2D eigenvalue weighted by molar-refractivity contribution is 5.86. The second kappa shape index (κ2) is 12.0. The van der Waals surface area contributed by atoms with Crippen LogP contribution in [0, 0.1) is 5.92 Å². The number of nitrogens with zero attached hydrogens (tertiary/aromatic N) is 1. The summed E-state index contributed by atoms with van der Waals surface area (Å²) < 4.78 is 0. The summed E-state index contributed by atoms with van der Waals surface area (Å²) in [6, 6.07) is 19.8. The molecule has 0 saturated heterocycles. The van der Waals surface area contributed by atoms with E-state index >= 15 is 0 Å². The molecule has 0 heterocycles. The van der Waals surface area contributed by atoms with E-state index in [1.54, 1.807) is 4.90 Å². The molecule has 2 aromatic rings. The summed E-state index contributed by atoms with van der Waals surface area (Å²) in [5.41, 5.74) is 2.11. The highest BCUT2D eigenvalue weighted by Gasteiger charge is 2.25. The number of aliphatic carboxylic acids is 1. The summed E-state index contributed by atoms with van der Waals surface area (Å²) in [6.07, 6.45) is 4.85. The van der Waals surface area contributed by atoms with E-state index in [0.29, 0.717) is 6.54 Å². The van der Waals surface area contributed by atoms with Crippen LogP contribution in [0.25, 0.3) is 0 Å². The van der Waals surface area contributed by atoms with Gasteiger partial charge in [0.2, 0.25) is 11.8 Å². The lowest BCUT2D eigenvalue weighted by Gasteiger charge is -2.29. The standard InChI is InChI=1S/C26H32N2O4/c29-24(18-27-26(32)22-14-8-3-9-15-22)28(17-16-25(30)31)19-23(20-10-4-1-5-11-20)21-12-6-2-7-13-21/h1-2,4-7,10-13,22-23H,3,8-9,14-19H2,(H,27,32)(H,30,31). The average molecular weight is 437 g/mol. The Balaban J connectivity index is 1.73. The van der Waals surface area contributed by atoms with Gasteiger partial charge < -0.3 is 15.3 Å². The van der Waals surface area contributed by atoms with Crippen molar-refractivity contribution in [2.45, 2.75) is 44.4 Å². The molecule has 1 fully saturated rings. The zero-order valence-corrected chi connectivity index (χ0v) is 18.4. The second-order valence-electron chi connectivity index (χ2n) is 8.41. The van der Waals surface area contributed by atoms with Crippen molar-refractivity contribution in [3.63, 3.8) is 0 Å². The van der Waals surface area contributed by atoms with Gasteiger partial charge in [0, 0.05) is 24.9 Å². The van der Waals surface area contributed by atoms with Gasteiger partial charge in [0.25, 0.3) is 0 Å². The molecule has 32 heavy (non-hydrogen) atoms. The number of nitrogens with one attached hydrogen (secondary N) is 1. The minimum atomic E-state index is -0.954. The number of hydrogen-bond donors (Lipinski definition) is 2. The van der Waals surface area contributed by atoms with Gasteiger partial charge in [-0.05, 0) is 24.0 Å². The van der Waals surface area contributed by atoms with Crippen LogP contribution in [0.2, 0.25) is 0 Å². The highest BCUT2D eigenvalue weighted by atomic mass is 16.4. The lowest BCUT2D eigenvalue weighted by molar-refractivity contribution is -0.139. The van der Waals surface area contributed by atoms with Crippen molar-refractivity contribution in [3.8, 4) is 0 Å². The van der Waals surface area contributed by atoms with Crippen LogP contribution >= 0.6 is 0 Å². The molecule has 1 saturated carbocycles. The molecular weight excluding hydrogens is 404 g/mol. The van der Waals surface area contributed by atoms with Crippen LogP contribution in [-0.2, 0) is 14.4 Å². The summed E-state index contributed by atoms with van der Waals surface area (Å²) in [6.45, 7) is 0.342. The molecule has 1 aliphatic rings. The van der Waals surface area contributed by atoms with Crippen LogP contribution in [0.3, 0.4) is 0 Å². The van der Waals surface area contributed by atoms with Crippen LogP contribution < -0.4 is 5.32 Å². The molecule has 2 N–H and O–H groups in total. The third-order valence-electron chi connectivity index (χ3n) is 6.14. The van der Waals surface area contributed by atoms with E-state index < -0.39 is 5.97 Å². The average Bonchev–Trinajstić information content (AvgIpc) is 2.84. The molecule has 0 aliphatic heterocycles. The maximum atomic E-state index is 13.1. The van der Waals surface area contributed by atoms with Crippen LogP contribution in [0.5, 0.6) is 0 Å². The normalized spacial score (nSPS) is 14.2.